The summed E-state index contributed by atoms with van der Waals surface area (Å²) in [6, 6.07) is 6.50. The average Bonchev–Trinajstić information content (AvgIpc) is 3.08. The molecule has 0 bridgehead atoms. The van der Waals surface area contributed by atoms with E-state index in [-0.39, 0.29) is 29.5 Å². The van der Waals surface area contributed by atoms with Crippen molar-refractivity contribution in [3.8, 4) is 28.4 Å². The third-order valence-corrected chi connectivity index (χ3v) is 8.77. The molecule has 1 aromatic heterocycles. The minimum atomic E-state index is -0.414. The van der Waals surface area contributed by atoms with Gasteiger partial charge in [0.2, 0.25) is 23.0 Å². The van der Waals surface area contributed by atoms with Crippen LogP contribution in [-0.4, -0.2) is 44.7 Å². The van der Waals surface area contributed by atoms with Crippen LogP contribution in [0.5, 0.6) is 17.2 Å². The Morgan fingerprint density at radius 2 is 1.79 bits per heavy atom. The third kappa shape index (κ3) is 6.06. The van der Waals surface area contributed by atoms with Crippen LogP contribution in [0.3, 0.4) is 0 Å². The van der Waals surface area contributed by atoms with Crippen molar-refractivity contribution in [1.82, 2.24) is 10.3 Å². The summed E-state index contributed by atoms with van der Waals surface area (Å²) in [5.41, 5.74) is 4.12. The van der Waals surface area contributed by atoms with Gasteiger partial charge in [-0.3, -0.25) is 14.4 Å². The quantitative estimate of drug-likeness (QED) is 0.323. The van der Waals surface area contributed by atoms with E-state index in [2.05, 4.69) is 20.9 Å². The molecule has 42 heavy (non-hydrogen) atoms. The summed E-state index contributed by atoms with van der Waals surface area (Å²) in [5, 5.41) is 9.47. The monoisotopic (exact) mass is 592 g/mol. The number of carbonyl (C=O) groups is 2. The molecule has 5 rings (SSSR count). The second-order valence-corrected chi connectivity index (χ2v) is 11.5. The molecule has 222 valence electrons. The number of amides is 2. The Morgan fingerprint density at radius 1 is 1.00 bits per heavy atom. The maximum absolute atomic E-state index is 13.5. The lowest BCUT2D eigenvalue weighted by Gasteiger charge is -2.19. The molecule has 0 spiro atoms. The Morgan fingerprint density at radius 3 is 2.52 bits per heavy atom. The van der Waals surface area contributed by atoms with Gasteiger partial charge in [-0.15, -0.1) is 11.3 Å². The molecule has 1 atom stereocenters. The van der Waals surface area contributed by atoms with E-state index in [4.69, 9.17) is 14.2 Å². The molecule has 0 saturated heterocycles. The molecule has 2 aliphatic carbocycles. The van der Waals surface area contributed by atoms with Crippen LogP contribution in [0.2, 0.25) is 0 Å². The van der Waals surface area contributed by atoms with E-state index in [1.54, 1.807) is 27.4 Å². The summed E-state index contributed by atoms with van der Waals surface area (Å²) in [6.45, 7) is 1.35. The predicted octanol–water partition coefficient (Wildman–Crippen LogP) is 4.64. The number of ether oxygens (including phenoxy) is 3. The highest BCUT2D eigenvalue weighted by Crippen LogP contribution is 2.50. The number of nitrogens with zero attached hydrogens (tertiary/aromatic N) is 1. The van der Waals surface area contributed by atoms with Gasteiger partial charge in [0.25, 0.3) is 0 Å². The van der Waals surface area contributed by atoms with E-state index in [1.807, 2.05) is 12.1 Å². The van der Waals surface area contributed by atoms with E-state index in [0.29, 0.717) is 40.8 Å². The van der Waals surface area contributed by atoms with Gasteiger partial charge in [0.15, 0.2) is 16.6 Å². The first-order chi connectivity index (χ1) is 20.3. The Hall–Kier alpha value is -4.12. The number of rotatable bonds is 8. The number of nitrogens with one attached hydrogen (secondary N) is 3. The van der Waals surface area contributed by atoms with Crippen LogP contribution in [0.4, 0.5) is 10.8 Å². The topological polar surface area (TPSA) is 128 Å². The van der Waals surface area contributed by atoms with Crippen LogP contribution in [-0.2, 0) is 28.9 Å². The summed E-state index contributed by atoms with van der Waals surface area (Å²) in [7, 11) is 4.66. The molecule has 0 saturated carbocycles. The lowest BCUT2D eigenvalue weighted by Crippen LogP contribution is -2.27. The summed E-state index contributed by atoms with van der Waals surface area (Å²) < 4.78 is 17.0. The predicted molar refractivity (Wildman–Crippen MR) is 163 cm³/mol. The first-order valence-corrected chi connectivity index (χ1v) is 14.9. The molecule has 11 heteroatoms. The zero-order valence-electron chi connectivity index (χ0n) is 24.3. The fourth-order valence-electron chi connectivity index (χ4n) is 5.77. The Balaban J connectivity index is 1.48. The lowest BCUT2D eigenvalue weighted by molar-refractivity contribution is -0.119. The molecular formula is C31H36N4O6S. The number of thiazole rings is 1. The summed E-state index contributed by atoms with van der Waals surface area (Å²) >= 11 is 1.53. The first-order valence-electron chi connectivity index (χ1n) is 14.1. The number of benzene rings is 1. The molecule has 10 nitrogen and oxygen atoms in total. The minimum absolute atomic E-state index is 0.103. The van der Waals surface area contributed by atoms with Gasteiger partial charge in [0, 0.05) is 17.4 Å². The average molecular weight is 593 g/mol. The van der Waals surface area contributed by atoms with Gasteiger partial charge in [-0.1, -0.05) is 12.5 Å². The van der Waals surface area contributed by atoms with Crippen molar-refractivity contribution < 1.29 is 23.8 Å². The lowest BCUT2D eigenvalue weighted by atomic mass is 9.95. The maximum atomic E-state index is 13.5. The Bertz CT molecular complexity index is 1550. The highest BCUT2D eigenvalue weighted by molar-refractivity contribution is 7.15. The van der Waals surface area contributed by atoms with E-state index in [1.165, 1.54) is 35.6 Å². The van der Waals surface area contributed by atoms with Gasteiger partial charge >= 0.3 is 0 Å². The van der Waals surface area contributed by atoms with E-state index in [0.717, 1.165) is 48.1 Å². The van der Waals surface area contributed by atoms with Gasteiger partial charge in [0.05, 0.1) is 45.3 Å². The van der Waals surface area contributed by atoms with E-state index in [9.17, 15) is 14.4 Å². The van der Waals surface area contributed by atoms with E-state index < -0.39 is 6.04 Å². The molecule has 1 heterocycles. The molecule has 3 aromatic rings. The number of aryl methyl sites for hydroxylation is 3. The van der Waals surface area contributed by atoms with Crippen molar-refractivity contribution in [3.63, 3.8) is 0 Å². The Labute approximate surface area is 248 Å². The second-order valence-electron chi connectivity index (χ2n) is 10.4. The van der Waals surface area contributed by atoms with Gasteiger partial charge < -0.3 is 30.2 Å². The van der Waals surface area contributed by atoms with E-state index >= 15 is 0 Å². The van der Waals surface area contributed by atoms with Crippen molar-refractivity contribution in [3.05, 3.63) is 56.2 Å². The van der Waals surface area contributed by atoms with Crippen LogP contribution < -0.4 is 35.6 Å². The Kier molecular flexibility index (Phi) is 8.96. The van der Waals surface area contributed by atoms with Gasteiger partial charge in [0.1, 0.15) is 0 Å². The number of aromatic nitrogens is 1. The van der Waals surface area contributed by atoms with Gasteiger partial charge in [-0.2, -0.15) is 0 Å². The molecule has 3 N–H and O–H groups in total. The molecule has 2 aliphatic rings. The molecule has 2 amide bonds. The zero-order valence-corrected chi connectivity index (χ0v) is 25.2. The number of carbonyl (C=O) groups excluding carboxylic acids is 2. The van der Waals surface area contributed by atoms with Crippen molar-refractivity contribution in [1.29, 1.82) is 0 Å². The fourth-order valence-corrected chi connectivity index (χ4v) is 6.84. The van der Waals surface area contributed by atoms with Crippen molar-refractivity contribution in [2.24, 2.45) is 0 Å². The number of fused-ring (bicyclic) bond motifs is 4. The first kappa shape index (κ1) is 29.4. The number of hydrogen-bond acceptors (Lipinski definition) is 9. The largest absolute Gasteiger partial charge is 0.493 e. The van der Waals surface area contributed by atoms with Crippen LogP contribution >= 0.6 is 11.3 Å². The molecule has 2 aromatic carbocycles. The number of hydrogen-bond donors (Lipinski definition) is 3. The number of anilines is 2. The van der Waals surface area contributed by atoms with Gasteiger partial charge in [-0.25, -0.2) is 4.98 Å². The zero-order chi connectivity index (χ0) is 29.8. The van der Waals surface area contributed by atoms with Crippen molar-refractivity contribution in [2.45, 2.75) is 57.9 Å². The second kappa shape index (κ2) is 12.8. The maximum Gasteiger partial charge on any atom is 0.245 e. The normalized spacial score (nSPS) is 15.6. The van der Waals surface area contributed by atoms with Crippen molar-refractivity contribution >= 4 is 34.0 Å². The smallest absolute Gasteiger partial charge is 0.245 e. The molecule has 0 aliphatic heterocycles. The molecule has 0 fully saturated rings. The summed E-state index contributed by atoms with van der Waals surface area (Å²) in [6.07, 6.45) is 6.57. The molecular weight excluding hydrogens is 556 g/mol. The van der Waals surface area contributed by atoms with Crippen LogP contribution in [0.1, 0.15) is 60.3 Å². The third-order valence-electron chi connectivity index (χ3n) is 7.70. The SMILES string of the molecule is COc1cc2c(c(OC)c1OC)-c1ccc(NCC(=O)Nc3nc4c(s3)CCCCC4)c(=O)cc1[C@H](NC(C)=O)CC2. The highest BCUT2D eigenvalue weighted by Gasteiger charge is 2.29. The molecule has 0 radical (unpaired) electrons. The van der Waals surface area contributed by atoms with Crippen LogP contribution in [0.25, 0.3) is 11.1 Å². The van der Waals surface area contributed by atoms with Crippen molar-refractivity contribution in [2.75, 3.05) is 38.5 Å². The summed E-state index contributed by atoms with van der Waals surface area (Å²) in [5.74, 6) is 0.957. The van der Waals surface area contributed by atoms with Crippen LogP contribution in [0.15, 0.2) is 29.1 Å². The standard InChI is InChI=1S/C31H36N4O6S/c1-17(36)33-21-12-10-18-14-25(39-2)29(40-3)30(41-4)28(18)19-11-13-22(24(37)15-20(19)21)32-16-27(38)35-31-34-23-8-6-5-7-9-26(23)42-31/h11,13-15,21H,5-10,12,16H2,1-4H3,(H,32,37)(H,33,36)(H,34,35,38)/t21-/m1/s1. The van der Waals surface area contributed by atoms with Crippen LogP contribution in [0, 0.1) is 0 Å². The summed E-state index contributed by atoms with van der Waals surface area (Å²) in [4.78, 5) is 44.3. The van der Waals surface area contributed by atoms with Gasteiger partial charge in [-0.05, 0) is 73.4 Å². The highest BCUT2D eigenvalue weighted by atomic mass is 32.1. The molecule has 0 unspecified atom stereocenters. The fraction of sp³-hybridized carbons (Fsp3) is 0.419. The number of methoxy groups -OCH3 is 3. The minimum Gasteiger partial charge on any atom is -0.493 e.